The third-order valence-corrected chi connectivity index (χ3v) is 4.34. The molecule has 0 radical (unpaired) electrons. The van der Waals surface area contributed by atoms with Crippen molar-refractivity contribution in [1.29, 1.82) is 0 Å². The van der Waals surface area contributed by atoms with Gasteiger partial charge in [0.2, 0.25) is 5.91 Å². The van der Waals surface area contributed by atoms with Crippen LogP contribution in [-0.2, 0) is 16.1 Å². The second-order valence-electron chi connectivity index (χ2n) is 5.84. The van der Waals surface area contributed by atoms with E-state index in [1.165, 1.54) is 13.2 Å². The summed E-state index contributed by atoms with van der Waals surface area (Å²) in [5.41, 5.74) is 1.64. The van der Waals surface area contributed by atoms with Crippen LogP contribution in [0.3, 0.4) is 0 Å². The molecule has 0 unspecified atom stereocenters. The first-order chi connectivity index (χ1) is 12.4. The van der Waals surface area contributed by atoms with Crippen molar-refractivity contribution in [2.45, 2.75) is 13.5 Å². The highest BCUT2D eigenvalue weighted by molar-refractivity contribution is 6.31. The lowest BCUT2D eigenvalue weighted by Gasteiger charge is -2.13. The zero-order valence-corrected chi connectivity index (χ0v) is 15.0. The first-order valence-electron chi connectivity index (χ1n) is 7.86. The van der Waals surface area contributed by atoms with Crippen molar-refractivity contribution in [3.63, 3.8) is 0 Å². The van der Waals surface area contributed by atoms with Crippen molar-refractivity contribution in [1.82, 2.24) is 4.57 Å². The van der Waals surface area contributed by atoms with E-state index in [0.29, 0.717) is 10.6 Å². The number of hydrogen-bond acceptors (Lipinski definition) is 4. The molecule has 0 fully saturated rings. The van der Waals surface area contributed by atoms with Crippen molar-refractivity contribution in [3.05, 3.63) is 58.7 Å². The van der Waals surface area contributed by atoms with Gasteiger partial charge >= 0.3 is 5.97 Å². The van der Waals surface area contributed by atoms with Gasteiger partial charge < -0.3 is 19.7 Å². The van der Waals surface area contributed by atoms with Gasteiger partial charge in [-0.1, -0.05) is 23.7 Å². The molecule has 3 aromatic rings. The standard InChI is InChI=1S/C19H17ClN2O4/c1-11-3-6-14(19(25)26-2)18(24)17(11)21-16(23)10-22-8-7-12-4-5-13(20)9-15(12)22/h3-9,24H,10H2,1-2H3,(H,21,23). The first kappa shape index (κ1) is 17.8. The Bertz CT molecular complexity index is 1010. The lowest BCUT2D eigenvalue weighted by atomic mass is 10.1. The minimum absolute atomic E-state index is 0.00778. The van der Waals surface area contributed by atoms with Gasteiger partial charge in [-0.05, 0) is 42.1 Å². The molecule has 0 saturated carbocycles. The van der Waals surface area contributed by atoms with E-state index >= 15 is 0 Å². The van der Waals surface area contributed by atoms with Gasteiger partial charge in [0.1, 0.15) is 12.1 Å². The predicted molar refractivity (Wildman–Crippen MR) is 99.8 cm³/mol. The summed E-state index contributed by atoms with van der Waals surface area (Å²) in [7, 11) is 1.22. The number of nitrogens with one attached hydrogen (secondary N) is 1. The average molecular weight is 373 g/mol. The van der Waals surface area contributed by atoms with Crippen LogP contribution in [0.15, 0.2) is 42.6 Å². The Balaban J connectivity index is 1.86. The fourth-order valence-electron chi connectivity index (χ4n) is 2.75. The molecule has 6 nitrogen and oxygen atoms in total. The molecule has 1 aromatic heterocycles. The van der Waals surface area contributed by atoms with Gasteiger partial charge in [0.05, 0.1) is 12.8 Å². The summed E-state index contributed by atoms with van der Waals surface area (Å²) in [5, 5.41) is 14.5. The SMILES string of the molecule is COC(=O)c1ccc(C)c(NC(=O)Cn2ccc3ccc(Cl)cc32)c1O. The van der Waals surface area contributed by atoms with Crippen LogP contribution >= 0.6 is 11.6 Å². The van der Waals surface area contributed by atoms with Gasteiger partial charge in [0.25, 0.3) is 0 Å². The van der Waals surface area contributed by atoms with Gasteiger partial charge in [-0.25, -0.2) is 4.79 Å². The number of aromatic hydroxyl groups is 1. The minimum atomic E-state index is -0.677. The Hall–Kier alpha value is -2.99. The monoisotopic (exact) mass is 372 g/mol. The van der Waals surface area contributed by atoms with Gasteiger partial charge in [0.15, 0.2) is 5.75 Å². The third kappa shape index (κ3) is 3.36. The number of anilines is 1. The molecule has 0 spiro atoms. The molecule has 0 aliphatic heterocycles. The predicted octanol–water partition coefficient (Wildman–Crippen LogP) is 3.73. The summed E-state index contributed by atoms with van der Waals surface area (Å²) < 4.78 is 6.39. The second kappa shape index (κ2) is 7.09. The van der Waals surface area contributed by atoms with Crippen LogP contribution in [0.1, 0.15) is 15.9 Å². The molecule has 134 valence electrons. The number of amides is 1. The fraction of sp³-hybridized carbons (Fsp3) is 0.158. The summed E-state index contributed by atoms with van der Waals surface area (Å²) in [6.07, 6.45) is 1.79. The smallest absolute Gasteiger partial charge is 0.341 e. The van der Waals surface area contributed by atoms with Crippen molar-refractivity contribution in [3.8, 4) is 5.75 Å². The quantitative estimate of drug-likeness (QED) is 0.540. The zero-order valence-electron chi connectivity index (χ0n) is 14.2. The Labute approximate surface area is 154 Å². The summed E-state index contributed by atoms with van der Waals surface area (Å²) in [5.74, 6) is -1.34. The Kier molecular flexibility index (Phi) is 4.86. The number of rotatable bonds is 4. The van der Waals surface area contributed by atoms with Crippen LogP contribution in [0, 0.1) is 6.92 Å². The zero-order chi connectivity index (χ0) is 18.8. The van der Waals surface area contributed by atoms with Crippen molar-refractivity contribution >= 4 is 40.1 Å². The van der Waals surface area contributed by atoms with Crippen molar-refractivity contribution < 1.29 is 19.4 Å². The number of phenolic OH excluding ortho intramolecular Hbond substituents is 1. The highest BCUT2D eigenvalue weighted by Crippen LogP contribution is 2.31. The maximum Gasteiger partial charge on any atom is 0.341 e. The van der Waals surface area contributed by atoms with Gasteiger partial charge in [-0.2, -0.15) is 0 Å². The van der Waals surface area contributed by atoms with Gasteiger partial charge in [-0.3, -0.25) is 4.79 Å². The lowest BCUT2D eigenvalue weighted by Crippen LogP contribution is -2.19. The number of esters is 1. The number of benzene rings is 2. The fourth-order valence-corrected chi connectivity index (χ4v) is 2.92. The molecule has 1 heterocycles. The van der Waals surface area contributed by atoms with E-state index in [0.717, 1.165) is 10.9 Å². The molecule has 0 saturated heterocycles. The number of halogens is 1. The number of aromatic nitrogens is 1. The third-order valence-electron chi connectivity index (χ3n) is 4.11. The van der Waals surface area contributed by atoms with Crippen molar-refractivity contribution in [2.24, 2.45) is 0 Å². The number of methoxy groups -OCH3 is 1. The highest BCUT2D eigenvalue weighted by Gasteiger charge is 2.18. The molecule has 2 N–H and O–H groups in total. The van der Waals surface area contributed by atoms with Crippen LogP contribution < -0.4 is 5.32 Å². The van der Waals surface area contributed by atoms with Crippen LogP contribution in [0.2, 0.25) is 5.02 Å². The first-order valence-corrected chi connectivity index (χ1v) is 8.23. The minimum Gasteiger partial charge on any atom is -0.505 e. The molecule has 26 heavy (non-hydrogen) atoms. The number of aryl methyl sites for hydroxylation is 1. The second-order valence-corrected chi connectivity index (χ2v) is 6.28. The van der Waals surface area contributed by atoms with Crippen LogP contribution in [0.25, 0.3) is 10.9 Å². The van der Waals surface area contributed by atoms with E-state index in [1.807, 2.05) is 12.1 Å². The highest BCUT2D eigenvalue weighted by atomic mass is 35.5. The van der Waals surface area contributed by atoms with E-state index in [-0.39, 0.29) is 29.5 Å². The number of fused-ring (bicyclic) bond motifs is 1. The number of carbonyl (C=O) groups excluding carboxylic acids is 2. The Morgan fingerprint density at radius 3 is 2.73 bits per heavy atom. The Morgan fingerprint density at radius 1 is 1.23 bits per heavy atom. The van der Waals surface area contributed by atoms with E-state index < -0.39 is 5.97 Å². The largest absolute Gasteiger partial charge is 0.505 e. The molecule has 0 aliphatic rings. The summed E-state index contributed by atoms with van der Waals surface area (Å²) in [6, 6.07) is 10.4. The maximum atomic E-state index is 12.5. The normalized spacial score (nSPS) is 10.7. The van der Waals surface area contributed by atoms with E-state index in [4.69, 9.17) is 11.6 Å². The molecular weight excluding hydrogens is 356 g/mol. The van der Waals surface area contributed by atoms with E-state index in [1.54, 1.807) is 35.9 Å². The summed E-state index contributed by atoms with van der Waals surface area (Å²) in [6.45, 7) is 1.76. The van der Waals surface area contributed by atoms with Crippen molar-refractivity contribution in [2.75, 3.05) is 12.4 Å². The Morgan fingerprint density at radius 2 is 2.00 bits per heavy atom. The summed E-state index contributed by atoms with van der Waals surface area (Å²) >= 11 is 6.03. The van der Waals surface area contributed by atoms with E-state index in [9.17, 15) is 14.7 Å². The molecular formula is C19H17ClN2O4. The molecule has 2 aromatic carbocycles. The molecule has 0 atom stereocenters. The van der Waals surface area contributed by atoms with Crippen LogP contribution in [0.5, 0.6) is 5.75 Å². The molecule has 7 heteroatoms. The number of carbonyl (C=O) groups is 2. The summed E-state index contributed by atoms with van der Waals surface area (Å²) in [4.78, 5) is 24.2. The molecule has 3 rings (SSSR count). The average Bonchev–Trinajstić information content (AvgIpc) is 3.00. The molecule has 0 aliphatic carbocycles. The number of ether oxygens (including phenoxy) is 1. The number of hydrogen-bond donors (Lipinski definition) is 2. The van der Waals surface area contributed by atoms with Gasteiger partial charge in [0, 0.05) is 16.7 Å². The number of phenols is 1. The van der Waals surface area contributed by atoms with Crippen LogP contribution in [-0.4, -0.2) is 28.7 Å². The lowest BCUT2D eigenvalue weighted by molar-refractivity contribution is -0.116. The van der Waals surface area contributed by atoms with E-state index in [2.05, 4.69) is 10.1 Å². The number of nitrogens with zero attached hydrogens (tertiary/aromatic N) is 1. The molecule has 0 bridgehead atoms. The van der Waals surface area contributed by atoms with Gasteiger partial charge in [-0.15, -0.1) is 0 Å². The maximum absolute atomic E-state index is 12.5. The van der Waals surface area contributed by atoms with Crippen LogP contribution in [0.4, 0.5) is 5.69 Å². The molecule has 1 amide bonds. The topological polar surface area (TPSA) is 80.6 Å².